The molecule has 0 rings (SSSR count). The standard InChI is InChI=1S/C10H21N3O2/c1-5-11-10(15-9(2)14)12-7-6-8-13(3)4/h5-8H2,1-4H3,(H,11,12)/p+1. The number of nitrogens with zero attached hydrogens (tertiary/aromatic N) is 1. The fraction of sp³-hybridized carbons (Fsp3) is 0.800. The summed E-state index contributed by atoms with van der Waals surface area (Å²) in [4.78, 5) is 16.3. The van der Waals surface area contributed by atoms with E-state index in [1.165, 1.54) is 11.8 Å². The van der Waals surface area contributed by atoms with Gasteiger partial charge in [0.15, 0.2) is 0 Å². The van der Waals surface area contributed by atoms with Gasteiger partial charge in [0.05, 0.1) is 20.6 Å². The Morgan fingerprint density at radius 2 is 2.13 bits per heavy atom. The maximum absolute atomic E-state index is 10.7. The fourth-order valence-corrected chi connectivity index (χ4v) is 1.02. The van der Waals surface area contributed by atoms with Gasteiger partial charge in [0, 0.05) is 26.4 Å². The van der Waals surface area contributed by atoms with Crippen molar-refractivity contribution >= 4 is 12.0 Å². The average molecular weight is 216 g/mol. The molecule has 0 saturated carbocycles. The van der Waals surface area contributed by atoms with Gasteiger partial charge >= 0.3 is 5.97 Å². The predicted octanol–water partition coefficient (Wildman–Crippen LogP) is -0.950. The molecular formula is C10H22N3O2+. The number of carbonyl (C=O) groups is 1. The molecule has 0 spiro atoms. The lowest BCUT2D eigenvalue weighted by Gasteiger charge is -2.07. The predicted molar refractivity (Wildman–Crippen MR) is 60.0 cm³/mol. The molecule has 2 N–H and O–H groups in total. The van der Waals surface area contributed by atoms with E-state index in [4.69, 9.17) is 4.74 Å². The summed E-state index contributed by atoms with van der Waals surface area (Å²) in [5.41, 5.74) is 0. The number of quaternary nitrogens is 1. The monoisotopic (exact) mass is 216 g/mol. The molecule has 0 atom stereocenters. The number of nitrogens with one attached hydrogen (secondary N) is 2. The summed E-state index contributed by atoms with van der Waals surface area (Å²) in [5, 5.41) is 2.90. The van der Waals surface area contributed by atoms with Gasteiger partial charge in [0.2, 0.25) is 0 Å². The molecule has 0 amide bonds. The summed E-state index contributed by atoms with van der Waals surface area (Å²) < 4.78 is 4.89. The van der Waals surface area contributed by atoms with Crippen molar-refractivity contribution in [3.63, 3.8) is 0 Å². The Balaban J connectivity index is 3.88. The third-order valence-corrected chi connectivity index (χ3v) is 1.66. The highest BCUT2D eigenvalue weighted by molar-refractivity contribution is 5.86. The van der Waals surface area contributed by atoms with E-state index in [1.807, 2.05) is 6.92 Å². The van der Waals surface area contributed by atoms with Gasteiger partial charge in [-0.05, 0) is 6.92 Å². The Bertz CT molecular complexity index is 215. The first-order chi connectivity index (χ1) is 7.06. The minimum atomic E-state index is -0.340. The van der Waals surface area contributed by atoms with Crippen LogP contribution in [0.1, 0.15) is 20.3 Å². The summed E-state index contributed by atoms with van der Waals surface area (Å²) in [7, 11) is 4.20. The molecule has 5 nitrogen and oxygen atoms in total. The Morgan fingerprint density at radius 3 is 2.60 bits per heavy atom. The van der Waals surface area contributed by atoms with Crippen LogP contribution in [0.2, 0.25) is 0 Å². The van der Waals surface area contributed by atoms with Gasteiger partial charge in [-0.3, -0.25) is 4.79 Å². The van der Waals surface area contributed by atoms with E-state index in [0.29, 0.717) is 19.1 Å². The minimum Gasteiger partial charge on any atom is -0.393 e. The number of rotatable bonds is 5. The van der Waals surface area contributed by atoms with Gasteiger partial charge in [-0.2, -0.15) is 0 Å². The van der Waals surface area contributed by atoms with E-state index >= 15 is 0 Å². The lowest BCUT2D eigenvalue weighted by molar-refractivity contribution is -0.858. The Morgan fingerprint density at radius 1 is 1.47 bits per heavy atom. The number of hydrogen-bond donors (Lipinski definition) is 2. The number of hydrogen-bond acceptors (Lipinski definition) is 3. The molecular weight excluding hydrogens is 194 g/mol. The zero-order valence-corrected chi connectivity index (χ0v) is 10.1. The smallest absolute Gasteiger partial charge is 0.310 e. The fourth-order valence-electron chi connectivity index (χ4n) is 1.02. The molecule has 0 aliphatic carbocycles. The molecule has 0 aromatic rings. The van der Waals surface area contributed by atoms with Crippen molar-refractivity contribution in [2.45, 2.75) is 20.3 Å². The number of esters is 1. The molecule has 5 heteroatoms. The van der Waals surface area contributed by atoms with Crippen molar-refractivity contribution in [2.24, 2.45) is 4.99 Å². The topological polar surface area (TPSA) is 55.1 Å². The zero-order chi connectivity index (χ0) is 11.7. The van der Waals surface area contributed by atoms with Gasteiger partial charge in [-0.1, -0.05) is 0 Å². The normalized spacial score (nSPS) is 11.7. The maximum atomic E-state index is 10.7. The molecule has 88 valence electrons. The van der Waals surface area contributed by atoms with E-state index in [1.54, 1.807) is 0 Å². The minimum absolute atomic E-state index is 0.332. The first-order valence-electron chi connectivity index (χ1n) is 5.32. The van der Waals surface area contributed by atoms with Crippen molar-refractivity contribution in [3.05, 3.63) is 0 Å². The highest BCUT2D eigenvalue weighted by Gasteiger charge is 2.01. The number of amidine groups is 1. The van der Waals surface area contributed by atoms with Crippen LogP contribution in [0.25, 0.3) is 0 Å². The SMILES string of the molecule is CCNC(=NCCC[NH+](C)C)OC(C)=O. The largest absolute Gasteiger partial charge is 0.393 e. The van der Waals surface area contributed by atoms with Crippen molar-refractivity contribution in [1.82, 2.24) is 5.32 Å². The van der Waals surface area contributed by atoms with Gasteiger partial charge in [-0.15, -0.1) is 0 Å². The summed E-state index contributed by atoms with van der Waals surface area (Å²) in [6, 6.07) is 0.332. The summed E-state index contributed by atoms with van der Waals surface area (Å²) in [5.74, 6) is -0.340. The van der Waals surface area contributed by atoms with E-state index in [2.05, 4.69) is 24.4 Å². The average Bonchev–Trinajstić information content (AvgIpc) is 2.11. The van der Waals surface area contributed by atoms with E-state index < -0.39 is 0 Å². The van der Waals surface area contributed by atoms with Crippen LogP contribution in [0.15, 0.2) is 4.99 Å². The number of aliphatic imine (C=N–C) groups is 1. The number of carbonyl (C=O) groups excluding carboxylic acids is 1. The summed E-state index contributed by atoms with van der Waals surface area (Å²) in [6.07, 6.45) is 0.985. The highest BCUT2D eigenvalue weighted by atomic mass is 16.6. The maximum Gasteiger partial charge on any atom is 0.310 e. The van der Waals surface area contributed by atoms with Crippen LogP contribution in [0.5, 0.6) is 0 Å². The van der Waals surface area contributed by atoms with Crippen molar-refractivity contribution < 1.29 is 14.4 Å². The third-order valence-electron chi connectivity index (χ3n) is 1.66. The molecule has 0 aromatic carbocycles. The lowest BCUT2D eigenvalue weighted by Crippen LogP contribution is -3.05. The van der Waals surface area contributed by atoms with E-state index in [0.717, 1.165) is 13.0 Å². The molecule has 0 bridgehead atoms. The molecule has 0 saturated heterocycles. The Labute approximate surface area is 91.5 Å². The molecule has 0 aliphatic rings. The quantitative estimate of drug-likeness (QED) is 0.270. The van der Waals surface area contributed by atoms with E-state index in [9.17, 15) is 4.79 Å². The van der Waals surface area contributed by atoms with Crippen LogP contribution in [0.4, 0.5) is 0 Å². The van der Waals surface area contributed by atoms with Crippen LogP contribution >= 0.6 is 0 Å². The van der Waals surface area contributed by atoms with Crippen LogP contribution in [0, 0.1) is 0 Å². The first kappa shape index (κ1) is 13.9. The van der Waals surface area contributed by atoms with Crippen LogP contribution in [-0.4, -0.2) is 45.7 Å². The summed E-state index contributed by atoms with van der Waals surface area (Å²) >= 11 is 0. The molecule has 0 heterocycles. The van der Waals surface area contributed by atoms with Crippen molar-refractivity contribution in [2.75, 3.05) is 33.7 Å². The van der Waals surface area contributed by atoms with Crippen LogP contribution < -0.4 is 10.2 Å². The Kier molecular flexibility index (Phi) is 7.62. The highest BCUT2D eigenvalue weighted by Crippen LogP contribution is 1.84. The van der Waals surface area contributed by atoms with E-state index in [-0.39, 0.29) is 5.97 Å². The van der Waals surface area contributed by atoms with Crippen LogP contribution in [-0.2, 0) is 9.53 Å². The second kappa shape index (κ2) is 8.23. The molecule has 0 aliphatic heterocycles. The summed E-state index contributed by atoms with van der Waals surface area (Å²) in [6.45, 7) is 5.74. The molecule has 0 radical (unpaired) electrons. The second-order valence-corrected chi connectivity index (χ2v) is 3.62. The molecule has 0 fully saturated rings. The van der Waals surface area contributed by atoms with Crippen molar-refractivity contribution in [3.8, 4) is 0 Å². The number of ether oxygens (including phenoxy) is 1. The van der Waals surface area contributed by atoms with Crippen LogP contribution in [0.3, 0.4) is 0 Å². The van der Waals surface area contributed by atoms with Gasteiger partial charge < -0.3 is 15.0 Å². The third kappa shape index (κ3) is 9.21. The molecule has 15 heavy (non-hydrogen) atoms. The zero-order valence-electron chi connectivity index (χ0n) is 10.1. The van der Waals surface area contributed by atoms with Gasteiger partial charge in [-0.25, -0.2) is 4.99 Å². The van der Waals surface area contributed by atoms with Crippen molar-refractivity contribution in [1.29, 1.82) is 0 Å². The lowest BCUT2D eigenvalue weighted by atomic mass is 10.4. The second-order valence-electron chi connectivity index (χ2n) is 3.62. The molecule has 0 aromatic heterocycles. The molecule has 0 unspecified atom stereocenters. The van der Waals surface area contributed by atoms with Gasteiger partial charge in [0.25, 0.3) is 6.02 Å². The Hall–Kier alpha value is -1.10. The first-order valence-corrected chi connectivity index (χ1v) is 5.32. The van der Waals surface area contributed by atoms with Gasteiger partial charge in [0.1, 0.15) is 0 Å².